The van der Waals surface area contributed by atoms with Gasteiger partial charge in [-0.1, -0.05) is 0 Å². The van der Waals surface area contributed by atoms with E-state index in [1.165, 1.54) is 19.4 Å². The number of piperidine rings is 1. The van der Waals surface area contributed by atoms with E-state index in [0.717, 1.165) is 50.8 Å². The summed E-state index contributed by atoms with van der Waals surface area (Å²) >= 11 is 0. The van der Waals surface area contributed by atoms with Gasteiger partial charge in [-0.05, 0) is 45.7 Å². The monoisotopic (exact) mass is 447 g/mol. The summed E-state index contributed by atoms with van der Waals surface area (Å²) in [6.07, 6.45) is 6.29. The SMILES string of the molecule is CCNC(=NCC1CCCN(C)C1)NC1CCc2ncnn2C1.I. The summed E-state index contributed by atoms with van der Waals surface area (Å²) in [6.45, 7) is 7.15. The van der Waals surface area contributed by atoms with Gasteiger partial charge in [0.05, 0.1) is 6.54 Å². The lowest BCUT2D eigenvalue weighted by Gasteiger charge is -2.29. The molecule has 1 aromatic heterocycles. The maximum Gasteiger partial charge on any atom is 0.191 e. The Hall–Kier alpha value is -0.900. The van der Waals surface area contributed by atoms with Crippen molar-refractivity contribution in [1.82, 2.24) is 30.3 Å². The van der Waals surface area contributed by atoms with Crippen LogP contribution in [-0.4, -0.2) is 64.9 Å². The number of likely N-dealkylation sites (tertiary alicyclic amines) is 1. The molecule has 2 aliphatic heterocycles. The highest BCUT2D eigenvalue weighted by Crippen LogP contribution is 2.15. The molecule has 3 heterocycles. The van der Waals surface area contributed by atoms with Gasteiger partial charge in [0, 0.05) is 32.1 Å². The third kappa shape index (κ3) is 5.30. The molecule has 136 valence electrons. The van der Waals surface area contributed by atoms with Crippen molar-refractivity contribution in [3.63, 3.8) is 0 Å². The predicted molar refractivity (Wildman–Crippen MR) is 107 cm³/mol. The molecule has 7 nitrogen and oxygen atoms in total. The topological polar surface area (TPSA) is 70.4 Å². The number of fused-ring (bicyclic) bond motifs is 1. The van der Waals surface area contributed by atoms with Gasteiger partial charge in [0.15, 0.2) is 5.96 Å². The minimum Gasteiger partial charge on any atom is -0.357 e. The lowest BCUT2D eigenvalue weighted by atomic mass is 9.99. The minimum atomic E-state index is 0. The number of aromatic nitrogens is 3. The molecule has 0 radical (unpaired) electrons. The van der Waals surface area contributed by atoms with Crippen LogP contribution in [0.4, 0.5) is 0 Å². The molecule has 0 bridgehead atoms. The maximum atomic E-state index is 4.83. The third-order valence-corrected chi connectivity index (χ3v) is 4.72. The zero-order valence-corrected chi connectivity index (χ0v) is 17.1. The van der Waals surface area contributed by atoms with E-state index >= 15 is 0 Å². The number of rotatable bonds is 4. The van der Waals surface area contributed by atoms with Gasteiger partial charge >= 0.3 is 0 Å². The van der Waals surface area contributed by atoms with Gasteiger partial charge in [0.1, 0.15) is 12.2 Å². The van der Waals surface area contributed by atoms with Crippen LogP contribution >= 0.6 is 24.0 Å². The van der Waals surface area contributed by atoms with Crippen LogP contribution < -0.4 is 10.6 Å². The average Bonchev–Trinajstić information content (AvgIpc) is 3.00. The highest BCUT2D eigenvalue weighted by Gasteiger charge is 2.21. The van der Waals surface area contributed by atoms with Gasteiger partial charge < -0.3 is 15.5 Å². The van der Waals surface area contributed by atoms with Crippen molar-refractivity contribution in [1.29, 1.82) is 0 Å². The highest BCUT2D eigenvalue weighted by atomic mass is 127. The van der Waals surface area contributed by atoms with Crippen LogP contribution in [0, 0.1) is 5.92 Å². The van der Waals surface area contributed by atoms with Crippen molar-refractivity contribution in [3.8, 4) is 0 Å². The number of aliphatic imine (C=N–C) groups is 1. The van der Waals surface area contributed by atoms with Crippen LogP contribution in [0.5, 0.6) is 0 Å². The molecule has 3 rings (SSSR count). The van der Waals surface area contributed by atoms with Crippen LogP contribution in [0.15, 0.2) is 11.3 Å². The minimum absolute atomic E-state index is 0. The normalized spacial score (nSPS) is 24.8. The molecule has 0 aromatic carbocycles. The van der Waals surface area contributed by atoms with Gasteiger partial charge in [-0.15, -0.1) is 24.0 Å². The first-order chi connectivity index (χ1) is 11.2. The summed E-state index contributed by atoms with van der Waals surface area (Å²) in [4.78, 5) is 11.5. The largest absolute Gasteiger partial charge is 0.357 e. The second-order valence-electron chi connectivity index (χ2n) is 6.73. The van der Waals surface area contributed by atoms with E-state index in [4.69, 9.17) is 4.99 Å². The maximum absolute atomic E-state index is 4.83. The van der Waals surface area contributed by atoms with Gasteiger partial charge in [-0.25, -0.2) is 9.67 Å². The lowest BCUT2D eigenvalue weighted by molar-refractivity contribution is 0.214. The number of guanidine groups is 1. The molecule has 1 aromatic rings. The fourth-order valence-electron chi connectivity index (χ4n) is 3.51. The molecule has 2 N–H and O–H groups in total. The molecule has 0 saturated carbocycles. The second-order valence-corrected chi connectivity index (χ2v) is 6.73. The van der Waals surface area contributed by atoms with E-state index in [9.17, 15) is 0 Å². The van der Waals surface area contributed by atoms with Crippen LogP contribution in [-0.2, 0) is 13.0 Å². The molecule has 24 heavy (non-hydrogen) atoms. The second kappa shape index (κ2) is 9.55. The lowest BCUT2D eigenvalue weighted by Crippen LogP contribution is -2.47. The van der Waals surface area contributed by atoms with Crippen LogP contribution in [0.3, 0.4) is 0 Å². The zero-order valence-electron chi connectivity index (χ0n) is 14.7. The number of hydrogen-bond donors (Lipinski definition) is 2. The summed E-state index contributed by atoms with van der Waals surface area (Å²) in [6, 6.07) is 0.371. The number of aryl methyl sites for hydroxylation is 1. The molecule has 0 spiro atoms. The number of halogens is 1. The Morgan fingerprint density at radius 2 is 2.25 bits per heavy atom. The summed E-state index contributed by atoms with van der Waals surface area (Å²) in [7, 11) is 2.21. The standard InChI is InChI=1S/C16H29N7.HI/c1-3-17-16(18-9-13-5-4-8-22(2)10-13)21-14-6-7-15-19-12-20-23(15)11-14;/h12-14H,3-11H2,1-2H3,(H2,17,18,21);1H. The van der Waals surface area contributed by atoms with Crippen molar-refractivity contribution >= 4 is 29.9 Å². The molecular formula is C16H30IN7. The van der Waals surface area contributed by atoms with E-state index in [-0.39, 0.29) is 24.0 Å². The quantitative estimate of drug-likeness (QED) is 0.411. The van der Waals surface area contributed by atoms with Gasteiger partial charge in [-0.3, -0.25) is 4.99 Å². The molecule has 1 fully saturated rings. The Kier molecular flexibility index (Phi) is 7.73. The number of nitrogens with one attached hydrogen (secondary N) is 2. The molecule has 2 aliphatic rings. The Bertz CT molecular complexity index is 530. The van der Waals surface area contributed by atoms with Crippen LogP contribution in [0.1, 0.15) is 32.0 Å². The molecule has 0 aliphatic carbocycles. The molecule has 0 amide bonds. The number of nitrogens with zero attached hydrogens (tertiary/aromatic N) is 5. The van der Waals surface area contributed by atoms with E-state index in [1.807, 2.05) is 4.68 Å². The first-order valence-corrected chi connectivity index (χ1v) is 8.84. The van der Waals surface area contributed by atoms with Crippen LogP contribution in [0.25, 0.3) is 0 Å². The van der Waals surface area contributed by atoms with Gasteiger partial charge in [-0.2, -0.15) is 5.10 Å². The molecule has 2 atom stereocenters. The number of hydrogen-bond acceptors (Lipinski definition) is 4. The molecule has 2 unspecified atom stereocenters. The fraction of sp³-hybridized carbons (Fsp3) is 0.812. The molecule has 1 saturated heterocycles. The van der Waals surface area contributed by atoms with Crippen molar-refractivity contribution in [2.24, 2.45) is 10.9 Å². The Labute approximate surface area is 161 Å². The Morgan fingerprint density at radius 1 is 1.38 bits per heavy atom. The van der Waals surface area contributed by atoms with E-state index in [2.05, 4.69) is 39.6 Å². The summed E-state index contributed by atoms with van der Waals surface area (Å²) in [5.41, 5.74) is 0. The smallest absolute Gasteiger partial charge is 0.191 e. The van der Waals surface area contributed by atoms with Crippen LogP contribution in [0.2, 0.25) is 0 Å². The first kappa shape index (κ1) is 19.4. The molecule has 8 heteroatoms. The highest BCUT2D eigenvalue weighted by molar-refractivity contribution is 14.0. The summed E-state index contributed by atoms with van der Waals surface area (Å²) < 4.78 is 2.00. The van der Waals surface area contributed by atoms with Crippen molar-refractivity contribution in [3.05, 3.63) is 12.2 Å². The predicted octanol–water partition coefficient (Wildman–Crippen LogP) is 1.11. The van der Waals surface area contributed by atoms with E-state index < -0.39 is 0 Å². The van der Waals surface area contributed by atoms with E-state index in [0.29, 0.717) is 12.0 Å². The fourth-order valence-corrected chi connectivity index (χ4v) is 3.51. The summed E-state index contributed by atoms with van der Waals surface area (Å²) in [5, 5.41) is 11.2. The van der Waals surface area contributed by atoms with Crippen molar-refractivity contribution < 1.29 is 0 Å². The Morgan fingerprint density at radius 3 is 3.04 bits per heavy atom. The average molecular weight is 447 g/mol. The van der Waals surface area contributed by atoms with Gasteiger partial charge in [0.2, 0.25) is 0 Å². The Balaban J connectivity index is 0.00000208. The third-order valence-electron chi connectivity index (χ3n) is 4.72. The summed E-state index contributed by atoms with van der Waals surface area (Å²) in [5.74, 6) is 2.71. The van der Waals surface area contributed by atoms with Gasteiger partial charge in [0.25, 0.3) is 0 Å². The first-order valence-electron chi connectivity index (χ1n) is 8.84. The molecular weight excluding hydrogens is 417 g/mol. The van der Waals surface area contributed by atoms with Crippen molar-refractivity contribution in [2.45, 2.75) is 45.2 Å². The van der Waals surface area contributed by atoms with E-state index in [1.54, 1.807) is 6.33 Å². The van der Waals surface area contributed by atoms with Crippen molar-refractivity contribution in [2.75, 3.05) is 33.2 Å². The zero-order chi connectivity index (χ0) is 16.1.